The average molecular weight is 388 g/mol. The van der Waals surface area contributed by atoms with Crippen LogP contribution in [0.2, 0.25) is 0 Å². The highest BCUT2D eigenvalue weighted by molar-refractivity contribution is 9.10. The zero-order valence-corrected chi connectivity index (χ0v) is 15.9. The van der Waals surface area contributed by atoms with Gasteiger partial charge in [0.05, 0.1) is 24.3 Å². The fourth-order valence-corrected chi connectivity index (χ4v) is 2.45. The van der Waals surface area contributed by atoms with Gasteiger partial charge in [0, 0.05) is 18.7 Å². The molecule has 0 atom stereocenters. The second-order valence-corrected chi connectivity index (χ2v) is 6.22. The molecule has 0 unspecified atom stereocenters. The lowest BCUT2D eigenvalue weighted by molar-refractivity contribution is 0.0757. The molecule has 1 amide bonds. The fourth-order valence-electron chi connectivity index (χ4n) is 1.89. The Morgan fingerprint density at radius 3 is 2.65 bits per heavy atom. The van der Waals surface area contributed by atoms with Crippen LogP contribution in [0.1, 0.15) is 44.0 Å². The van der Waals surface area contributed by atoms with Gasteiger partial charge < -0.3 is 19.5 Å². The van der Waals surface area contributed by atoms with Crippen LogP contribution in [-0.4, -0.2) is 38.9 Å². The van der Waals surface area contributed by atoms with Crippen molar-refractivity contribution in [2.24, 2.45) is 0 Å². The van der Waals surface area contributed by atoms with Crippen molar-refractivity contribution < 1.29 is 19.0 Å². The lowest BCUT2D eigenvalue weighted by Gasteiger charge is -2.14. The lowest BCUT2D eigenvalue weighted by Crippen LogP contribution is -2.25. The van der Waals surface area contributed by atoms with E-state index < -0.39 is 0 Å². The van der Waals surface area contributed by atoms with E-state index in [1.807, 2.05) is 20.8 Å². The number of rotatable bonds is 10. The van der Waals surface area contributed by atoms with Gasteiger partial charge in [-0.3, -0.25) is 4.79 Å². The quantitative estimate of drug-likeness (QED) is 0.620. The second-order valence-electron chi connectivity index (χ2n) is 5.37. The maximum absolute atomic E-state index is 12.2. The Hall–Kier alpha value is -1.27. The van der Waals surface area contributed by atoms with Crippen molar-refractivity contribution in [3.8, 4) is 11.5 Å². The number of ether oxygens (including phenoxy) is 3. The number of benzene rings is 1. The van der Waals surface area contributed by atoms with Crippen LogP contribution in [0.15, 0.2) is 16.6 Å². The molecule has 0 saturated heterocycles. The van der Waals surface area contributed by atoms with Crippen LogP contribution in [0.4, 0.5) is 0 Å². The van der Waals surface area contributed by atoms with E-state index in [1.165, 1.54) is 0 Å². The largest absolute Gasteiger partial charge is 0.493 e. The topological polar surface area (TPSA) is 56.8 Å². The number of hydrogen-bond acceptors (Lipinski definition) is 4. The highest BCUT2D eigenvalue weighted by Gasteiger charge is 2.15. The first-order chi connectivity index (χ1) is 11.0. The minimum absolute atomic E-state index is 0.143. The third-order valence-corrected chi connectivity index (χ3v) is 3.59. The first-order valence-corrected chi connectivity index (χ1v) is 8.69. The van der Waals surface area contributed by atoms with Crippen molar-refractivity contribution in [2.75, 3.05) is 26.9 Å². The van der Waals surface area contributed by atoms with Crippen molar-refractivity contribution in [3.05, 3.63) is 22.2 Å². The number of amides is 1. The summed E-state index contributed by atoms with van der Waals surface area (Å²) in [5.41, 5.74) is 0.530. The van der Waals surface area contributed by atoms with Gasteiger partial charge in [-0.2, -0.15) is 0 Å². The predicted octanol–water partition coefficient (Wildman–Crippen LogP) is 3.79. The van der Waals surface area contributed by atoms with E-state index in [0.717, 1.165) is 12.8 Å². The third-order valence-electron chi connectivity index (χ3n) is 3.00. The molecule has 130 valence electrons. The van der Waals surface area contributed by atoms with E-state index in [9.17, 15) is 4.79 Å². The number of methoxy groups -OCH3 is 1. The molecule has 1 N–H and O–H groups in total. The third kappa shape index (κ3) is 6.79. The summed E-state index contributed by atoms with van der Waals surface area (Å²) in [6.45, 7) is 7.81. The Labute approximate surface area is 146 Å². The molecule has 0 fully saturated rings. The van der Waals surface area contributed by atoms with Crippen LogP contribution in [0.5, 0.6) is 11.5 Å². The predicted molar refractivity (Wildman–Crippen MR) is 94.5 cm³/mol. The summed E-state index contributed by atoms with van der Waals surface area (Å²) in [6, 6.07) is 3.43. The number of carbonyl (C=O) groups is 1. The number of carbonyl (C=O) groups excluding carboxylic acids is 1. The van der Waals surface area contributed by atoms with E-state index >= 15 is 0 Å². The molecule has 0 aliphatic rings. The maximum atomic E-state index is 12.2. The SMILES string of the molecule is CCCOc1c(Br)cc(C(=O)NCCCOC(C)C)cc1OC. The highest BCUT2D eigenvalue weighted by atomic mass is 79.9. The number of halogens is 1. The maximum Gasteiger partial charge on any atom is 0.251 e. The van der Waals surface area contributed by atoms with Crippen LogP contribution in [-0.2, 0) is 4.74 Å². The summed E-state index contributed by atoms with van der Waals surface area (Å²) in [5.74, 6) is 1.02. The summed E-state index contributed by atoms with van der Waals surface area (Å²) >= 11 is 3.44. The summed E-state index contributed by atoms with van der Waals surface area (Å²) in [5, 5.41) is 2.88. The Morgan fingerprint density at radius 1 is 1.30 bits per heavy atom. The molecule has 6 heteroatoms. The molecule has 1 aromatic carbocycles. The molecule has 0 bridgehead atoms. The molecule has 0 heterocycles. The van der Waals surface area contributed by atoms with Gasteiger partial charge >= 0.3 is 0 Å². The second kappa shape index (κ2) is 10.5. The molecule has 0 aromatic heterocycles. The van der Waals surface area contributed by atoms with Crippen LogP contribution < -0.4 is 14.8 Å². The van der Waals surface area contributed by atoms with Gasteiger partial charge in [0.25, 0.3) is 5.91 Å². The Bertz CT molecular complexity index is 506. The van der Waals surface area contributed by atoms with Gasteiger partial charge in [-0.25, -0.2) is 0 Å². The Kier molecular flexibility index (Phi) is 9.02. The first-order valence-electron chi connectivity index (χ1n) is 7.89. The van der Waals surface area contributed by atoms with Gasteiger partial charge in [0.15, 0.2) is 11.5 Å². The van der Waals surface area contributed by atoms with Gasteiger partial charge in [-0.1, -0.05) is 6.92 Å². The first kappa shape index (κ1) is 19.8. The summed E-state index contributed by atoms with van der Waals surface area (Å²) < 4.78 is 17.1. The molecular weight excluding hydrogens is 362 g/mol. The standard InChI is InChI=1S/C17H26BrNO4/c1-5-8-23-16-14(18)10-13(11-15(16)21-4)17(20)19-7-6-9-22-12(2)3/h10-12H,5-9H2,1-4H3,(H,19,20). The van der Waals surface area contributed by atoms with Gasteiger partial charge in [0.2, 0.25) is 0 Å². The van der Waals surface area contributed by atoms with Crippen molar-refractivity contribution in [1.29, 1.82) is 0 Å². The summed E-state index contributed by atoms with van der Waals surface area (Å²) in [4.78, 5) is 12.2. The van der Waals surface area contributed by atoms with Gasteiger partial charge in [0.1, 0.15) is 0 Å². The monoisotopic (exact) mass is 387 g/mol. The van der Waals surface area contributed by atoms with Crippen LogP contribution in [0.3, 0.4) is 0 Å². The molecule has 0 aliphatic carbocycles. The number of nitrogens with one attached hydrogen (secondary N) is 1. The average Bonchev–Trinajstić information content (AvgIpc) is 2.52. The number of hydrogen-bond donors (Lipinski definition) is 1. The molecule has 1 aromatic rings. The van der Waals surface area contributed by atoms with Crippen LogP contribution >= 0.6 is 15.9 Å². The van der Waals surface area contributed by atoms with Crippen molar-refractivity contribution in [2.45, 2.75) is 39.7 Å². The van der Waals surface area contributed by atoms with Gasteiger partial charge in [-0.15, -0.1) is 0 Å². The minimum atomic E-state index is -0.143. The van der Waals surface area contributed by atoms with Crippen molar-refractivity contribution in [1.82, 2.24) is 5.32 Å². The van der Waals surface area contributed by atoms with E-state index in [1.54, 1.807) is 19.2 Å². The summed E-state index contributed by atoms with van der Waals surface area (Å²) in [6.07, 6.45) is 1.89. The molecule has 1 rings (SSSR count). The van der Waals surface area contributed by atoms with E-state index in [0.29, 0.717) is 41.3 Å². The van der Waals surface area contributed by atoms with E-state index in [4.69, 9.17) is 14.2 Å². The minimum Gasteiger partial charge on any atom is -0.493 e. The molecule has 0 aliphatic heterocycles. The molecule has 23 heavy (non-hydrogen) atoms. The zero-order chi connectivity index (χ0) is 17.2. The van der Waals surface area contributed by atoms with Crippen molar-refractivity contribution in [3.63, 3.8) is 0 Å². The smallest absolute Gasteiger partial charge is 0.251 e. The van der Waals surface area contributed by atoms with E-state index in [-0.39, 0.29) is 12.0 Å². The normalized spacial score (nSPS) is 10.7. The van der Waals surface area contributed by atoms with Gasteiger partial charge in [-0.05, 0) is 54.8 Å². The summed E-state index contributed by atoms with van der Waals surface area (Å²) in [7, 11) is 1.56. The molecule has 0 radical (unpaired) electrons. The molecule has 0 spiro atoms. The molecular formula is C17H26BrNO4. The van der Waals surface area contributed by atoms with E-state index in [2.05, 4.69) is 21.2 Å². The fraction of sp³-hybridized carbons (Fsp3) is 0.588. The van der Waals surface area contributed by atoms with Crippen molar-refractivity contribution >= 4 is 21.8 Å². The highest BCUT2D eigenvalue weighted by Crippen LogP contribution is 2.36. The van der Waals surface area contributed by atoms with Crippen LogP contribution in [0.25, 0.3) is 0 Å². The molecule has 5 nitrogen and oxygen atoms in total. The lowest BCUT2D eigenvalue weighted by atomic mass is 10.2. The molecule has 0 saturated carbocycles. The van der Waals surface area contributed by atoms with Crippen LogP contribution in [0, 0.1) is 0 Å². The zero-order valence-electron chi connectivity index (χ0n) is 14.3. The Morgan fingerprint density at radius 2 is 2.04 bits per heavy atom. The Balaban J connectivity index is 2.65.